The third-order valence-electron chi connectivity index (χ3n) is 3.39. The zero-order valence-electron chi connectivity index (χ0n) is 8.45. The molecular weight excluding hydrogens is 180 g/mol. The Balaban J connectivity index is 1.96. The molecule has 0 aromatic carbocycles. The summed E-state index contributed by atoms with van der Waals surface area (Å²) in [7, 11) is 0. The number of hydrogen-bond acceptors (Lipinski definition) is 2. The number of amides is 3. The predicted octanol–water partition coefficient (Wildman–Crippen LogP) is 0.974. The second-order valence-electron chi connectivity index (χ2n) is 4.33. The smallest absolute Gasteiger partial charge is 0.324 e. The molecule has 1 heterocycles. The van der Waals surface area contributed by atoms with Crippen LogP contribution < -0.4 is 5.32 Å². The number of imide groups is 1. The molecule has 2 atom stereocenters. The van der Waals surface area contributed by atoms with Gasteiger partial charge in [0.2, 0.25) is 5.91 Å². The van der Waals surface area contributed by atoms with Gasteiger partial charge in [-0.15, -0.1) is 0 Å². The van der Waals surface area contributed by atoms with Gasteiger partial charge < -0.3 is 5.32 Å². The summed E-state index contributed by atoms with van der Waals surface area (Å²) in [5.74, 6) is 1.09. The lowest BCUT2D eigenvalue weighted by atomic mass is 9.98. The summed E-state index contributed by atoms with van der Waals surface area (Å²) >= 11 is 0. The molecule has 2 aliphatic rings. The predicted molar refractivity (Wildman–Crippen MR) is 51.6 cm³/mol. The first kappa shape index (κ1) is 9.49. The average molecular weight is 196 g/mol. The van der Waals surface area contributed by atoms with Gasteiger partial charge in [-0.25, -0.2) is 4.79 Å². The molecule has 4 nitrogen and oxygen atoms in total. The van der Waals surface area contributed by atoms with E-state index in [1.165, 1.54) is 17.7 Å². The van der Waals surface area contributed by atoms with Crippen molar-refractivity contribution in [3.8, 4) is 0 Å². The Hall–Kier alpha value is -1.06. The number of nitrogens with zero attached hydrogens (tertiary/aromatic N) is 1. The van der Waals surface area contributed by atoms with Crippen LogP contribution in [0.5, 0.6) is 0 Å². The van der Waals surface area contributed by atoms with Crippen LogP contribution in [0.2, 0.25) is 0 Å². The summed E-state index contributed by atoms with van der Waals surface area (Å²) in [4.78, 5) is 24.0. The molecule has 0 radical (unpaired) electrons. The van der Waals surface area contributed by atoms with E-state index in [0.717, 1.165) is 6.42 Å². The fourth-order valence-electron chi connectivity index (χ4n) is 2.37. The maximum Gasteiger partial charge on any atom is 0.324 e. The molecule has 1 aliphatic carbocycles. The van der Waals surface area contributed by atoms with Crippen LogP contribution in [0.1, 0.15) is 26.2 Å². The van der Waals surface area contributed by atoms with Gasteiger partial charge in [0.05, 0.1) is 6.54 Å². The molecule has 0 spiro atoms. The van der Waals surface area contributed by atoms with E-state index in [2.05, 4.69) is 12.2 Å². The van der Waals surface area contributed by atoms with E-state index in [0.29, 0.717) is 18.4 Å². The van der Waals surface area contributed by atoms with Gasteiger partial charge in [0.15, 0.2) is 0 Å². The first-order chi connectivity index (χ1) is 6.68. The SMILES string of the molecule is CC1CCCC1CN1C(=O)CNC1=O. The van der Waals surface area contributed by atoms with Gasteiger partial charge in [-0.3, -0.25) is 9.69 Å². The second-order valence-corrected chi connectivity index (χ2v) is 4.33. The van der Waals surface area contributed by atoms with E-state index >= 15 is 0 Å². The van der Waals surface area contributed by atoms with Crippen LogP contribution in [0.15, 0.2) is 0 Å². The molecule has 0 bridgehead atoms. The van der Waals surface area contributed by atoms with Gasteiger partial charge >= 0.3 is 6.03 Å². The van der Waals surface area contributed by atoms with Gasteiger partial charge in [0.25, 0.3) is 0 Å². The van der Waals surface area contributed by atoms with Crippen molar-refractivity contribution in [1.29, 1.82) is 0 Å². The molecule has 1 saturated carbocycles. The average Bonchev–Trinajstić information content (AvgIpc) is 2.67. The molecule has 1 aliphatic heterocycles. The maximum absolute atomic E-state index is 11.3. The van der Waals surface area contributed by atoms with Gasteiger partial charge in [-0.2, -0.15) is 0 Å². The van der Waals surface area contributed by atoms with Crippen LogP contribution in [-0.2, 0) is 4.79 Å². The molecule has 3 amide bonds. The zero-order valence-corrected chi connectivity index (χ0v) is 8.45. The number of carbonyl (C=O) groups is 2. The molecule has 1 saturated heterocycles. The lowest BCUT2D eigenvalue weighted by molar-refractivity contribution is -0.125. The van der Waals surface area contributed by atoms with Crippen LogP contribution in [-0.4, -0.2) is 29.9 Å². The van der Waals surface area contributed by atoms with Crippen molar-refractivity contribution in [2.45, 2.75) is 26.2 Å². The third kappa shape index (κ3) is 1.61. The highest BCUT2D eigenvalue weighted by Gasteiger charge is 2.33. The van der Waals surface area contributed by atoms with E-state index in [4.69, 9.17) is 0 Å². The van der Waals surface area contributed by atoms with Crippen molar-refractivity contribution >= 4 is 11.9 Å². The molecule has 2 unspecified atom stereocenters. The van der Waals surface area contributed by atoms with Crippen molar-refractivity contribution < 1.29 is 9.59 Å². The number of rotatable bonds is 2. The van der Waals surface area contributed by atoms with Gasteiger partial charge in [-0.05, 0) is 18.3 Å². The Morgan fingerprint density at radius 1 is 1.43 bits per heavy atom. The van der Waals surface area contributed by atoms with E-state index in [9.17, 15) is 9.59 Å². The first-order valence-electron chi connectivity index (χ1n) is 5.26. The van der Waals surface area contributed by atoms with E-state index < -0.39 is 0 Å². The lowest BCUT2D eigenvalue weighted by Gasteiger charge is -2.20. The molecule has 78 valence electrons. The Kier molecular flexibility index (Phi) is 2.44. The zero-order chi connectivity index (χ0) is 10.1. The molecule has 1 N–H and O–H groups in total. The number of hydrogen-bond donors (Lipinski definition) is 1. The standard InChI is InChI=1S/C10H16N2O2/c1-7-3-2-4-8(7)6-12-9(13)5-11-10(12)14/h7-8H,2-6H2,1H3,(H,11,14). The Morgan fingerprint density at radius 2 is 2.21 bits per heavy atom. The van der Waals surface area contributed by atoms with Crippen LogP contribution in [0.25, 0.3) is 0 Å². The Labute approximate surface area is 83.6 Å². The fourth-order valence-corrected chi connectivity index (χ4v) is 2.37. The molecule has 4 heteroatoms. The number of urea groups is 1. The second kappa shape index (κ2) is 3.59. The number of carbonyl (C=O) groups excluding carboxylic acids is 2. The minimum absolute atomic E-state index is 0.0749. The van der Waals surface area contributed by atoms with Gasteiger partial charge in [0, 0.05) is 6.54 Å². The van der Waals surface area contributed by atoms with Crippen molar-refractivity contribution in [3.63, 3.8) is 0 Å². The van der Waals surface area contributed by atoms with Crippen LogP contribution in [0, 0.1) is 11.8 Å². The quantitative estimate of drug-likeness (QED) is 0.669. The Bertz CT molecular complexity index is 249. The van der Waals surface area contributed by atoms with E-state index in [1.807, 2.05) is 0 Å². The fraction of sp³-hybridized carbons (Fsp3) is 0.800. The van der Waals surface area contributed by atoms with Crippen molar-refractivity contribution in [3.05, 3.63) is 0 Å². The van der Waals surface area contributed by atoms with E-state index in [-0.39, 0.29) is 18.5 Å². The molecule has 2 fully saturated rings. The van der Waals surface area contributed by atoms with Crippen LogP contribution in [0.4, 0.5) is 4.79 Å². The summed E-state index contributed by atoms with van der Waals surface area (Å²) in [5.41, 5.74) is 0. The topological polar surface area (TPSA) is 49.4 Å². The maximum atomic E-state index is 11.3. The monoisotopic (exact) mass is 196 g/mol. The van der Waals surface area contributed by atoms with E-state index in [1.54, 1.807) is 0 Å². The third-order valence-corrected chi connectivity index (χ3v) is 3.39. The van der Waals surface area contributed by atoms with Gasteiger partial charge in [-0.1, -0.05) is 19.8 Å². The molecule has 0 aromatic rings. The highest BCUT2D eigenvalue weighted by atomic mass is 16.2. The molecule has 14 heavy (non-hydrogen) atoms. The summed E-state index contributed by atoms with van der Waals surface area (Å²) in [5, 5.41) is 2.55. The molecular formula is C10H16N2O2. The minimum Gasteiger partial charge on any atom is -0.329 e. The van der Waals surface area contributed by atoms with Gasteiger partial charge in [0.1, 0.15) is 0 Å². The summed E-state index contributed by atoms with van der Waals surface area (Å²) in [6, 6.07) is -0.214. The highest BCUT2D eigenvalue weighted by Crippen LogP contribution is 2.31. The number of nitrogens with one attached hydrogen (secondary N) is 1. The first-order valence-corrected chi connectivity index (χ1v) is 5.26. The van der Waals surface area contributed by atoms with Crippen molar-refractivity contribution in [2.24, 2.45) is 11.8 Å². The molecule has 0 aromatic heterocycles. The highest BCUT2D eigenvalue weighted by molar-refractivity contribution is 6.01. The lowest BCUT2D eigenvalue weighted by Crippen LogP contribution is -2.36. The Morgan fingerprint density at radius 3 is 2.71 bits per heavy atom. The summed E-state index contributed by atoms with van der Waals surface area (Å²) < 4.78 is 0. The normalized spacial score (nSPS) is 32.5. The molecule has 2 rings (SSSR count). The van der Waals surface area contributed by atoms with Crippen molar-refractivity contribution in [1.82, 2.24) is 10.2 Å². The van der Waals surface area contributed by atoms with Crippen molar-refractivity contribution in [2.75, 3.05) is 13.1 Å². The van der Waals surface area contributed by atoms with Crippen LogP contribution in [0.3, 0.4) is 0 Å². The summed E-state index contributed by atoms with van der Waals surface area (Å²) in [6.07, 6.45) is 3.61. The van der Waals surface area contributed by atoms with Crippen LogP contribution >= 0.6 is 0 Å². The summed E-state index contributed by atoms with van der Waals surface area (Å²) in [6.45, 7) is 3.00. The minimum atomic E-state index is -0.214. The largest absolute Gasteiger partial charge is 0.329 e.